The molecule has 4 radical (unpaired) electrons. The van der Waals surface area contributed by atoms with Crippen molar-refractivity contribution in [3.05, 3.63) is 81.9 Å². The first-order valence-electron chi connectivity index (χ1n) is 12.4. The second-order valence-corrected chi connectivity index (χ2v) is 10.9. The van der Waals surface area contributed by atoms with Gasteiger partial charge in [0.1, 0.15) is 0 Å². The Labute approximate surface area is 232 Å². The van der Waals surface area contributed by atoms with Crippen LogP contribution in [0.15, 0.2) is 48.5 Å². The summed E-state index contributed by atoms with van der Waals surface area (Å²) in [5, 5.41) is 5.70. The van der Waals surface area contributed by atoms with Crippen molar-refractivity contribution in [1.82, 2.24) is 0 Å². The van der Waals surface area contributed by atoms with E-state index in [2.05, 4.69) is 118 Å². The molecule has 0 amide bonds. The Morgan fingerprint density at radius 2 is 0.824 bits per heavy atom. The molecule has 0 fully saturated rings. The summed E-state index contributed by atoms with van der Waals surface area (Å²) in [5.74, 6) is 2.42. The van der Waals surface area contributed by atoms with E-state index in [-0.39, 0.29) is 36.8 Å². The summed E-state index contributed by atoms with van der Waals surface area (Å²) < 4.78 is 0. The monoisotopic (exact) mass is 634 g/mol. The van der Waals surface area contributed by atoms with Crippen molar-refractivity contribution in [1.29, 1.82) is 0 Å². The predicted octanol–water partition coefficient (Wildman–Crippen LogP) is 9.84. The summed E-state index contributed by atoms with van der Waals surface area (Å²) >= 11 is 0. The SMILES string of the molecule is Cc1cc2c(C(C)C)cc(C(C)C)cc2[cH-]1.Cc1cc2c(C(C)C)cc(C(C)C)cc2[cH-]1.[Hf].[Si]. The van der Waals surface area contributed by atoms with E-state index in [1.807, 2.05) is 0 Å². The van der Waals surface area contributed by atoms with Gasteiger partial charge in [0.05, 0.1) is 0 Å². The molecular formula is C32H42HfSi-2. The number of hydrogen-bond acceptors (Lipinski definition) is 0. The van der Waals surface area contributed by atoms with Crippen LogP contribution in [-0.2, 0) is 25.8 Å². The molecule has 0 atom stereocenters. The zero-order valence-corrected chi connectivity index (χ0v) is 27.5. The first-order valence-corrected chi connectivity index (χ1v) is 12.4. The molecule has 180 valence electrons. The largest absolute Gasteiger partial charge is 0.165 e. The second-order valence-electron chi connectivity index (χ2n) is 10.9. The van der Waals surface area contributed by atoms with Gasteiger partial charge in [0.2, 0.25) is 0 Å². The first-order chi connectivity index (χ1) is 15.0. The number of rotatable bonds is 4. The van der Waals surface area contributed by atoms with Gasteiger partial charge >= 0.3 is 0 Å². The van der Waals surface area contributed by atoms with Crippen LogP contribution in [0.25, 0.3) is 21.5 Å². The van der Waals surface area contributed by atoms with Crippen molar-refractivity contribution in [2.45, 2.75) is 92.9 Å². The van der Waals surface area contributed by atoms with Crippen molar-refractivity contribution in [2.75, 3.05) is 0 Å². The van der Waals surface area contributed by atoms with Gasteiger partial charge in [-0.25, -0.2) is 0 Å². The fraction of sp³-hybridized carbons (Fsp3) is 0.438. The minimum absolute atomic E-state index is 0. The van der Waals surface area contributed by atoms with Gasteiger partial charge in [-0.2, -0.15) is 12.1 Å². The summed E-state index contributed by atoms with van der Waals surface area (Å²) in [6.07, 6.45) is 0. The Balaban J connectivity index is 0.000000321. The maximum absolute atomic E-state index is 2.39. The quantitative estimate of drug-likeness (QED) is 0.155. The molecule has 0 aliphatic rings. The predicted molar refractivity (Wildman–Crippen MR) is 151 cm³/mol. The summed E-state index contributed by atoms with van der Waals surface area (Å²) in [5.41, 5.74) is 8.66. The zero-order valence-electron chi connectivity index (χ0n) is 22.9. The molecule has 4 rings (SSSR count). The molecule has 0 aromatic heterocycles. The zero-order chi connectivity index (χ0) is 23.7. The van der Waals surface area contributed by atoms with E-state index in [0.717, 1.165) is 0 Å². The summed E-state index contributed by atoms with van der Waals surface area (Å²) in [6, 6.07) is 18.7. The van der Waals surface area contributed by atoms with Crippen molar-refractivity contribution in [3.63, 3.8) is 0 Å². The molecule has 0 saturated heterocycles. The maximum Gasteiger partial charge on any atom is 0 e. The molecule has 0 aliphatic heterocycles. The molecule has 0 nitrogen and oxygen atoms in total. The van der Waals surface area contributed by atoms with Gasteiger partial charge < -0.3 is 0 Å². The molecule has 4 aromatic rings. The van der Waals surface area contributed by atoms with Gasteiger partial charge in [-0.05, 0) is 23.7 Å². The van der Waals surface area contributed by atoms with Gasteiger partial charge in [0.25, 0.3) is 0 Å². The third-order valence-corrected chi connectivity index (χ3v) is 6.62. The van der Waals surface area contributed by atoms with Crippen LogP contribution in [0, 0.1) is 13.8 Å². The van der Waals surface area contributed by atoms with E-state index in [4.69, 9.17) is 0 Å². The van der Waals surface area contributed by atoms with Gasteiger partial charge in [-0.3, -0.25) is 0 Å². The van der Waals surface area contributed by atoms with Crippen LogP contribution in [0.5, 0.6) is 0 Å². The Kier molecular flexibility index (Phi) is 11.4. The van der Waals surface area contributed by atoms with Crippen LogP contribution < -0.4 is 0 Å². The standard InChI is InChI=1S/2C16H21.Hf.Si/c2*1-10(2)13-8-14-6-12(5)7-16(14)15(9-13)11(3)4;;/h2*6-11H,1-5H3;;/q2*-1;;. The van der Waals surface area contributed by atoms with Crippen LogP contribution in [0.2, 0.25) is 0 Å². The van der Waals surface area contributed by atoms with E-state index in [1.165, 1.54) is 54.9 Å². The van der Waals surface area contributed by atoms with E-state index in [1.54, 1.807) is 0 Å². The molecule has 0 N–H and O–H groups in total. The Bertz CT molecular complexity index is 1100. The molecule has 4 aromatic carbocycles. The van der Waals surface area contributed by atoms with Gasteiger partial charge in [0, 0.05) is 36.8 Å². The van der Waals surface area contributed by atoms with Crippen LogP contribution in [0.3, 0.4) is 0 Å². The second kappa shape index (κ2) is 12.6. The molecule has 0 heterocycles. The van der Waals surface area contributed by atoms with Crippen molar-refractivity contribution >= 4 is 32.5 Å². The summed E-state index contributed by atoms with van der Waals surface area (Å²) in [6.45, 7) is 22.5. The number of hydrogen-bond donors (Lipinski definition) is 0. The Hall–Kier alpha value is -1.25. The molecule has 0 aliphatic carbocycles. The van der Waals surface area contributed by atoms with Crippen LogP contribution in [0.4, 0.5) is 0 Å². The van der Waals surface area contributed by atoms with Crippen molar-refractivity contribution in [2.24, 2.45) is 0 Å². The van der Waals surface area contributed by atoms with Crippen LogP contribution in [-0.4, -0.2) is 11.0 Å². The average molecular weight is 633 g/mol. The topological polar surface area (TPSA) is 0 Å². The van der Waals surface area contributed by atoms with Crippen LogP contribution >= 0.6 is 0 Å². The van der Waals surface area contributed by atoms with E-state index in [0.29, 0.717) is 23.7 Å². The van der Waals surface area contributed by atoms with Crippen LogP contribution in [0.1, 0.15) is 112 Å². The maximum atomic E-state index is 2.39. The molecular weight excluding hydrogens is 591 g/mol. The fourth-order valence-electron chi connectivity index (χ4n) is 4.67. The fourth-order valence-corrected chi connectivity index (χ4v) is 4.67. The minimum Gasteiger partial charge on any atom is -0.165 e. The third-order valence-electron chi connectivity index (χ3n) is 6.62. The van der Waals surface area contributed by atoms with Gasteiger partial charge in [0.15, 0.2) is 0 Å². The summed E-state index contributed by atoms with van der Waals surface area (Å²) in [4.78, 5) is 0. The number of aryl methyl sites for hydroxylation is 2. The summed E-state index contributed by atoms with van der Waals surface area (Å²) in [7, 11) is 0. The molecule has 0 spiro atoms. The molecule has 0 unspecified atom stereocenters. The minimum atomic E-state index is 0. The Morgan fingerprint density at radius 3 is 1.09 bits per heavy atom. The number of benzene rings is 2. The van der Waals surface area contributed by atoms with Crippen molar-refractivity contribution in [3.8, 4) is 0 Å². The Morgan fingerprint density at radius 1 is 0.500 bits per heavy atom. The van der Waals surface area contributed by atoms with Gasteiger partial charge in [-0.1, -0.05) is 104 Å². The smallest absolute Gasteiger partial charge is 0 e. The van der Waals surface area contributed by atoms with E-state index >= 15 is 0 Å². The number of fused-ring (bicyclic) bond motifs is 2. The van der Waals surface area contributed by atoms with E-state index < -0.39 is 0 Å². The molecule has 0 bridgehead atoms. The normalized spacial score (nSPS) is 11.2. The molecule has 0 saturated carbocycles. The molecule has 34 heavy (non-hydrogen) atoms. The third kappa shape index (κ3) is 6.91. The average Bonchev–Trinajstić information content (AvgIpc) is 3.26. The van der Waals surface area contributed by atoms with Crippen molar-refractivity contribution < 1.29 is 25.8 Å². The van der Waals surface area contributed by atoms with E-state index in [9.17, 15) is 0 Å². The first kappa shape index (κ1) is 30.8. The molecule has 2 heteroatoms. The van der Waals surface area contributed by atoms with Gasteiger partial charge in [-0.15, -0.1) is 56.9 Å².